The van der Waals surface area contributed by atoms with E-state index in [2.05, 4.69) is 5.10 Å². The van der Waals surface area contributed by atoms with E-state index in [1.165, 1.54) is 38.9 Å². The highest BCUT2D eigenvalue weighted by atomic mass is 19.3. The lowest BCUT2D eigenvalue weighted by molar-refractivity contribution is 0.0456. The monoisotopic (exact) mass is 325 g/mol. The summed E-state index contributed by atoms with van der Waals surface area (Å²) in [6, 6.07) is 0. The molecule has 1 saturated heterocycles. The second-order valence-electron chi connectivity index (χ2n) is 7.11. The maximum absolute atomic E-state index is 13.2. The van der Waals surface area contributed by atoms with Crippen LogP contribution >= 0.6 is 0 Å². The Hall–Kier alpha value is -1.46. The molecule has 2 heterocycles. The smallest absolute Gasteiger partial charge is 0.280 e. The first-order chi connectivity index (χ1) is 11.0. The van der Waals surface area contributed by atoms with E-state index in [9.17, 15) is 13.6 Å². The summed E-state index contributed by atoms with van der Waals surface area (Å²) in [6.45, 7) is 1.38. The van der Waals surface area contributed by atoms with Gasteiger partial charge in [-0.3, -0.25) is 9.48 Å². The number of halogens is 2. The van der Waals surface area contributed by atoms with Crippen molar-refractivity contribution in [2.24, 2.45) is 12.5 Å². The summed E-state index contributed by atoms with van der Waals surface area (Å²) in [5, 5.41) is 3.86. The fraction of sp³-hybridized carbons (Fsp3) is 0.765. The van der Waals surface area contributed by atoms with Crippen LogP contribution in [0.4, 0.5) is 8.78 Å². The summed E-state index contributed by atoms with van der Waals surface area (Å²) in [6.07, 6.45) is 8.03. The van der Waals surface area contributed by atoms with Gasteiger partial charge >= 0.3 is 0 Å². The number of nitrogens with zero attached hydrogens (tertiary/aromatic N) is 3. The van der Waals surface area contributed by atoms with Crippen LogP contribution in [0, 0.1) is 5.41 Å². The van der Waals surface area contributed by atoms with Crippen LogP contribution in [0.15, 0.2) is 6.20 Å². The Bertz CT molecular complexity index is 562. The van der Waals surface area contributed by atoms with Crippen molar-refractivity contribution in [1.82, 2.24) is 14.7 Å². The highest BCUT2D eigenvalue weighted by Crippen LogP contribution is 2.42. The van der Waals surface area contributed by atoms with Crippen molar-refractivity contribution in [1.29, 1.82) is 0 Å². The lowest BCUT2D eigenvalue weighted by Gasteiger charge is -2.42. The molecule has 2 aliphatic rings. The molecule has 23 heavy (non-hydrogen) atoms. The lowest BCUT2D eigenvalue weighted by atomic mass is 9.74. The third-order valence-corrected chi connectivity index (χ3v) is 5.53. The van der Waals surface area contributed by atoms with Crippen molar-refractivity contribution in [2.75, 3.05) is 13.1 Å². The third kappa shape index (κ3) is 3.26. The van der Waals surface area contributed by atoms with Crippen molar-refractivity contribution < 1.29 is 13.6 Å². The largest absolute Gasteiger partial charge is 0.338 e. The van der Waals surface area contributed by atoms with Gasteiger partial charge in [0.15, 0.2) is 0 Å². The Balaban J connectivity index is 1.80. The fourth-order valence-corrected chi connectivity index (χ4v) is 4.31. The summed E-state index contributed by atoms with van der Waals surface area (Å²) in [4.78, 5) is 14.6. The molecule has 0 aromatic carbocycles. The molecule has 1 amide bonds. The van der Waals surface area contributed by atoms with Gasteiger partial charge in [0, 0.05) is 20.1 Å². The maximum Gasteiger partial charge on any atom is 0.280 e. The Morgan fingerprint density at radius 2 is 1.83 bits per heavy atom. The molecular weight excluding hydrogens is 300 g/mol. The number of likely N-dealkylation sites (tertiary alicyclic amines) is 1. The van der Waals surface area contributed by atoms with Crippen LogP contribution in [0.2, 0.25) is 0 Å². The first-order valence-corrected chi connectivity index (χ1v) is 8.62. The van der Waals surface area contributed by atoms with E-state index in [1.54, 1.807) is 4.90 Å². The fourth-order valence-electron chi connectivity index (χ4n) is 4.31. The van der Waals surface area contributed by atoms with E-state index in [-0.39, 0.29) is 22.6 Å². The Labute approximate surface area is 135 Å². The van der Waals surface area contributed by atoms with Crippen LogP contribution in [-0.4, -0.2) is 33.7 Å². The van der Waals surface area contributed by atoms with Gasteiger partial charge in [-0.1, -0.05) is 25.7 Å². The number of carbonyl (C=O) groups is 1. The van der Waals surface area contributed by atoms with Crippen LogP contribution < -0.4 is 0 Å². The zero-order chi connectivity index (χ0) is 16.4. The number of aromatic nitrogens is 2. The second-order valence-corrected chi connectivity index (χ2v) is 7.11. The molecule has 0 atom stereocenters. The standard InChI is InChI=1S/C17H25F2N3O/c1-21-14(15(18)19)13(11-20-21)16(23)22-10-6-9-17(12-22)7-4-2-3-5-8-17/h11,15H,2-10,12H2,1H3. The average Bonchev–Trinajstić information content (AvgIpc) is 2.78. The summed E-state index contributed by atoms with van der Waals surface area (Å²) >= 11 is 0. The molecule has 0 N–H and O–H groups in total. The van der Waals surface area contributed by atoms with E-state index >= 15 is 0 Å². The molecule has 4 nitrogen and oxygen atoms in total. The van der Waals surface area contributed by atoms with Gasteiger partial charge in [-0.25, -0.2) is 8.78 Å². The molecule has 1 aromatic heterocycles. The van der Waals surface area contributed by atoms with Gasteiger partial charge in [0.2, 0.25) is 0 Å². The van der Waals surface area contributed by atoms with Gasteiger partial charge in [0.1, 0.15) is 5.69 Å². The van der Waals surface area contributed by atoms with Crippen LogP contribution in [0.25, 0.3) is 0 Å². The number of rotatable bonds is 2. The zero-order valence-corrected chi connectivity index (χ0v) is 13.7. The van der Waals surface area contributed by atoms with E-state index in [1.807, 2.05) is 0 Å². The summed E-state index contributed by atoms with van der Waals surface area (Å²) in [5.41, 5.74) is 0.00102. The number of hydrogen-bond acceptors (Lipinski definition) is 2. The molecule has 1 aliphatic carbocycles. The van der Waals surface area contributed by atoms with Gasteiger partial charge < -0.3 is 4.90 Å². The number of hydrogen-bond donors (Lipinski definition) is 0. The first-order valence-electron chi connectivity index (χ1n) is 8.62. The van der Waals surface area contributed by atoms with Gasteiger partial charge in [-0.05, 0) is 31.1 Å². The number of aryl methyl sites for hydroxylation is 1. The van der Waals surface area contributed by atoms with Crippen LogP contribution in [-0.2, 0) is 7.05 Å². The van der Waals surface area contributed by atoms with Crippen LogP contribution in [0.3, 0.4) is 0 Å². The predicted octanol–water partition coefficient (Wildman–Crippen LogP) is 3.93. The van der Waals surface area contributed by atoms with Crippen LogP contribution in [0.5, 0.6) is 0 Å². The molecular formula is C17H25F2N3O. The molecule has 0 radical (unpaired) electrons. The number of amides is 1. The minimum atomic E-state index is -2.68. The molecule has 6 heteroatoms. The highest BCUT2D eigenvalue weighted by molar-refractivity contribution is 5.95. The molecule has 1 aliphatic heterocycles. The van der Waals surface area contributed by atoms with Gasteiger partial charge in [-0.2, -0.15) is 5.10 Å². The van der Waals surface area contributed by atoms with E-state index < -0.39 is 6.43 Å². The van der Waals surface area contributed by atoms with Crippen LogP contribution in [0.1, 0.15) is 73.8 Å². The Morgan fingerprint density at radius 1 is 1.17 bits per heavy atom. The molecule has 2 fully saturated rings. The normalized spacial score (nSPS) is 21.7. The third-order valence-electron chi connectivity index (χ3n) is 5.53. The number of carbonyl (C=O) groups excluding carboxylic acids is 1. The summed E-state index contributed by atoms with van der Waals surface area (Å²) < 4.78 is 27.6. The Morgan fingerprint density at radius 3 is 2.48 bits per heavy atom. The molecule has 1 spiro atoms. The minimum absolute atomic E-state index is 0.0631. The SMILES string of the molecule is Cn1ncc(C(=O)N2CCCC3(CCCCCC3)C2)c1C(F)F. The molecule has 128 valence electrons. The molecule has 0 bridgehead atoms. The highest BCUT2D eigenvalue weighted by Gasteiger charge is 2.38. The van der Waals surface area contributed by atoms with Crippen molar-refractivity contribution in [3.05, 3.63) is 17.5 Å². The molecule has 1 aromatic rings. The topological polar surface area (TPSA) is 38.1 Å². The first kappa shape index (κ1) is 16.4. The van der Waals surface area contributed by atoms with E-state index in [4.69, 9.17) is 0 Å². The summed E-state index contributed by atoms with van der Waals surface area (Å²) in [5.74, 6) is -0.281. The number of alkyl halides is 2. The zero-order valence-electron chi connectivity index (χ0n) is 13.7. The van der Waals surface area contributed by atoms with E-state index in [0.717, 1.165) is 30.4 Å². The predicted molar refractivity (Wildman–Crippen MR) is 83.4 cm³/mol. The quantitative estimate of drug-likeness (QED) is 0.826. The van der Waals surface area contributed by atoms with Gasteiger partial charge in [0.25, 0.3) is 12.3 Å². The van der Waals surface area contributed by atoms with Crippen molar-refractivity contribution in [3.8, 4) is 0 Å². The van der Waals surface area contributed by atoms with Crippen molar-refractivity contribution >= 4 is 5.91 Å². The Kier molecular flexibility index (Phi) is 4.69. The molecule has 1 saturated carbocycles. The summed E-state index contributed by atoms with van der Waals surface area (Å²) in [7, 11) is 1.46. The van der Waals surface area contributed by atoms with Crippen molar-refractivity contribution in [3.63, 3.8) is 0 Å². The average molecular weight is 325 g/mol. The molecule has 3 rings (SSSR count). The minimum Gasteiger partial charge on any atom is -0.338 e. The lowest BCUT2D eigenvalue weighted by Crippen LogP contribution is -2.46. The second kappa shape index (κ2) is 6.57. The van der Waals surface area contributed by atoms with Gasteiger partial charge in [0.05, 0.1) is 11.8 Å². The van der Waals surface area contributed by atoms with Gasteiger partial charge in [-0.15, -0.1) is 0 Å². The van der Waals surface area contributed by atoms with Crippen molar-refractivity contribution in [2.45, 2.75) is 57.8 Å². The maximum atomic E-state index is 13.2. The molecule has 0 unspecified atom stereocenters. The number of piperidine rings is 1. The van der Waals surface area contributed by atoms with E-state index in [0.29, 0.717) is 13.1 Å².